The van der Waals surface area contributed by atoms with E-state index in [2.05, 4.69) is 15.9 Å². The number of hydrogen-bond acceptors (Lipinski definition) is 1. The Bertz CT molecular complexity index is 280. The van der Waals surface area contributed by atoms with Gasteiger partial charge in [0.15, 0.2) is 0 Å². The molecular formula is C7H4BrClF2S. The molecule has 0 heterocycles. The lowest BCUT2D eigenvalue weighted by molar-refractivity contribution is 0.150. The van der Waals surface area contributed by atoms with Crippen molar-refractivity contribution in [3.63, 3.8) is 0 Å². The molecule has 0 nitrogen and oxygen atoms in total. The van der Waals surface area contributed by atoms with Crippen LogP contribution in [0, 0.1) is 0 Å². The molecule has 1 aromatic rings. The molecule has 0 saturated carbocycles. The highest BCUT2D eigenvalue weighted by molar-refractivity contribution is 9.10. The molecule has 0 atom stereocenters. The van der Waals surface area contributed by atoms with Gasteiger partial charge in [-0.3, -0.25) is 0 Å². The molecule has 0 aliphatic carbocycles. The second kappa shape index (κ2) is 4.44. The van der Waals surface area contributed by atoms with Gasteiger partial charge in [0.2, 0.25) is 0 Å². The van der Waals surface area contributed by atoms with Crippen LogP contribution in [0.5, 0.6) is 0 Å². The summed E-state index contributed by atoms with van der Waals surface area (Å²) in [4.78, 5) is 0.743. The molecule has 0 aliphatic heterocycles. The summed E-state index contributed by atoms with van der Waals surface area (Å²) >= 11 is 3.04. The Kier molecular flexibility index (Phi) is 3.80. The van der Waals surface area contributed by atoms with Crippen LogP contribution in [0.15, 0.2) is 27.6 Å². The van der Waals surface area contributed by atoms with Crippen LogP contribution in [0.3, 0.4) is 0 Å². The van der Waals surface area contributed by atoms with Crippen LogP contribution in [0.4, 0.5) is 8.78 Å². The first-order chi connectivity index (χ1) is 5.65. The monoisotopic (exact) mass is 272 g/mol. The van der Waals surface area contributed by atoms with Crippen LogP contribution in [-0.2, 0) is 0 Å². The van der Waals surface area contributed by atoms with E-state index in [1.807, 2.05) is 0 Å². The summed E-state index contributed by atoms with van der Waals surface area (Å²) in [6.45, 7) is 0. The maximum atomic E-state index is 12.2. The Labute approximate surface area is 85.9 Å². The summed E-state index contributed by atoms with van der Waals surface area (Å²) in [5.41, 5.74) is -0.00975. The summed E-state index contributed by atoms with van der Waals surface area (Å²) in [5, 5.41) is 0. The highest BCUT2D eigenvalue weighted by Crippen LogP contribution is 2.32. The van der Waals surface area contributed by atoms with Crippen molar-refractivity contribution in [1.82, 2.24) is 0 Å². The van der Waals surface area contributed by atoms with Gasteiger partial charge in [-0.15, -0.1) is 0 Å². The molecule has 1 rings (SSSR count). The second-order valence-corrected chi connectivity index (χ2v) is 4.00. The van der Waals surface area contributed by atoms with Crippen molar-refractivity contribution in [2.45, 2.75) is 11.3 Å². The van der Waals surface area contributed by atoms with Crippen LogP contribution in [0.1, 0.15) is 12.0 Å². The molecule has 0 saturated heterocycles. The third-order valence-electron chi connectivity index (χ3n) is 1.30. The number of alkyl halides is 2. The Morgan fingerprint density at radius 2 is 2.08 bits per heavy atom. The van der Waals surface area contributed by atoms with Gasteiger partial charge in [0, 0.05) is 14.9 Å². The summed E-state index contributed by atoms with van der Waals surface area (Å²) in [7, 11) is 6.44. The van der Waals surface area contributed by atoms with Crippen molar-refractivity contribution in [2.24, 2.45) is 0 Å². The first kappa shape index (κ1) is 10.3. The van der Waals surface area contributed by atoms with Gasteiger partial charge in [-0.2, -0.15) is 0 Å². The molecule has 0 fully saturated rings. The van der Waals surface area contributed by atoms with Crippen molar-refractivity contribution in [3.8, 4) is 0 Å². The molecule has 0 aromatic heterocycles. The minimum Gasteiger partial charge on any atom is -0.205 e. The molecule has 0 spiro atoms. The average Bonchev–Trinajstić information content (AvgIpc) is 2.03. The molecule has 0 bridgehead atoms. The lowest BCUT2D eigenvalue weighted by Gasteiger charge is -2.03. The summed E-state index contributed by atoms with van der Waals surface area (Å²) in [6.07, 6.45) is -2.45. The third-order valence-corrected chi connectivity index (χ3v) is 2.95. The van der Waals surface area contributed by atoms with Crippen molar-refractivity contribution in [3.05, 3.63) is 28.2 Å². The normalized spacial score (nSPS) is 10.8. The van der Waals surface area contributed by atoms with E-state index in [-0.39, 0.29) is 5.56 Å². The van der Waals surface area contributed by atoms with Crippen LogP contribution < -0.4 is 0 Å². The van der Waals surface area contributed by atoms with E-state index in [4.69, 9.17) is 10.7 Å². The largest absolute Gasteiger partial charge is 0.264 e. The summed E-state index contributed by atoms with van der Waals surface area (Å²) in [5.74, 6) is 0. The topological polar surface area (TPSA) is 0 Å². The van der Waals surface area contributed by atoms with Crippen molar-refractivity contribution in [1.29, 1.82) is 0 Å². The Balaban J connectivity index is 3.03. The van der Waals surface area contributed by atoms with E-state index in [0.29, 0.717) is 4.47 Å². The van der Waals surface area contributed by atoms with Gasteiger partial charge in [-0.05, 0) is 33.8 Å². The highest BCUT2D eigenvalue weighted by Gasteiger charge is 2.11. The van der Waals surface area contributed by atoms with Crippen LogP contribution >= 0.6 is 37.6 Å². The molecular weight excluding hydrogens is 269 g/mol. The van der Waals surface area contributed by atoms with Crippen molar-refractivity contribution >= 4 is 37.6 Å². The Morgan fingerprint density at radius 3 is 2.50 bits per heavy atom. The molecule has 12 heavy (non-hydrogen) atoms. The Hall–Kier alpha value is 0.200. The van der Waals surface area contributed by atoms with Crippen molar-refractivity contribution in [2.75, 3.05) is 0 Å². The Morgan fingerprint density at radius 1 is 1.42 bits per heavy atom. The molecule has 0 amide bonds. The second-order valence-electron chi connectivity index (χ2n) is 2.06. The number of hydrogen-bond donors (Lipinski definition) is 0. The van der Waals surface area contributed by atoms with Gasteiger partial charge in [0.1, 0.15) is 0 Å². The predicted octanol–water partition coefficient (Wildman–Crippen LogP) is 4.63. The van der Waals surface area contributed by atoms with Crippen LogP contribution in [0.25, 0.3) is 0 Å². The zero-order valence-electron chi connectivity index (χ0n) is 5.73. The molecule has 0 N–H and O–H groups in total. The van der Waals surface area contributed by atoms with E-state index in [0.717, 1.165) is 15.9 Å². The number of benzene rings is 1. The van der Waals surface area contributed by atoms with Gasteiger partial charge < -0.3 is 0 Å². The molecule has 0 unspecified atom stereocenters. The molecule has 0 radical (unpaired) electrons. The predicted molar refractivity (Wildman–Crippen MR) is 50.8 cm³/mol. The van der Waals surface area contributed by atoms with Crippen LogP contribution in [0.2, 0.25) is 0 Å². The molecule has 0 aliphatic rings. The minimum absolute atomic E-state index is 0.00975. The fourth-order valence-electron chi connectivity index (χ4n) is 0.733. The van der Waals surface area contributed by atoms with E-state index in [1.54, 1.807) is 12.1 Å². The lowest BCUT2D eigenvalue weighted by Crippen LogP contribution is -1.85. The number of halogens is 4. The van der Waals surface area contributed by atoms with Gasteiger partial charge >= 0.3 is 0 Å². The quantitative estimate of drug-likeness (QED) is 0.757. The van der Waals surface area contributed by atoms with E-state index >= 15 is 0 Å². The van der Waals surface area contributed by atoms with E-state index in [9.17, 15) is 8.78 Å². The number of rotatable bonds is 2. The zero-order valence-corrected chi connectivity index (χ0v) is 8.89. The van der Waals surface area contributed by atoms with Gasteiger partial charge in [0.05, 0.1) is 0 Å². The first-order valence-electron chi connectivity index (χ1n) is 3.01. The van der Waals surface area contributed by atoms with Gasteiger partial charge in [0.25, 0.3) is 6.43 Å². The SMILES string of the molecule is FC(F)c1ccc(SCl)cc1Br. The first-order valence-corrected chi connectivity index (χ1v) is 5.45. The lowest BCUT2D eigenvalue weighted by atomic mass is 10.2. The van der Waals surface area contributed by atoms with Gasteiger partial charge in [-0.25, -0.2) is 8.78 Å². The molecule has 5 heteroatoms. The smallest absolute Gasteiger partial charge is 0.205 e. The standard InChI is InChI=1S/C7H4BrClF2S/c8-6-3-4(12-9)1-2-5(6)7(10)11/h1-3,7H. The van der Waals surface area contributed by atoms with Gasteiger partial charge in [-0.1, -0.05) is 22.0 Å². The van der Waals surface area contributed by atoms with E-state index < -0.39 is 6.43 Å². The zero-order chi connectivity index (χ0) is 9.14. The summed E-state index contributed by atoms with van der Waals surface area (Å²) < 4.78 is 24.8. The highest BCUT2D eigenvalue weighted by atomic mass is 79.9. The van der Waals surface area contributed by atoms with Crippen molar-refractivity contribution < 1.29 is 8.78 Å². The fraction of sp³-hybridized carbons (Fsp3) is 0.143. The minimum atomic E-state index is -2.45. The fourth-order valence-corrected chi connectivity index (χ4v) is 2.01. The van der Waals surface area contributed by atoms with E-state index in [1.165, 1.54) is 6.07 Å². The van der Waals surface area contributed by atoms with Crippen LogP contribution in [-0.4, -0.2) is 0 Å². The average molecular weight is 274 g/mol. The molecule has 1 aromatic carbocycles. The maximum absolute atomic E-state index is 12.2. The third kappa shape index (κ3) is 2.34. The maximum Gasteiger partial charge on any atom is 0.264 e. The molecule has 66 valence electrons. The summed E-state index contributed by atoms with van der Waals surface area (Å²) in [6, 6.07) is 4.49.